The highest BCUT2D eigenvalue weighted by molar-refractivity contribution is 5.83. The minimum absolute atomic E-state index is 0.0929. The molecule has 0 aliphatic carbocycles. The van der Waals surface area contributed by atoms with Gasteiger partial charge in [-0.1, -0.05) is 27.7 Å². The zero-order valence-electron chi connectivity index (χ0n) is 32.0. The third kappa shape index (κ3) is 9.07. The van der Waals surface area contributed by atoms with Crippen molar-refractivity contribution in [1.82, 2.24) is 5.32 Å². The van der Waals surface area contributed by atoms with Crippen LogP contribution in [0.2, 0.25) is 0 Å². The fourth-order valence-electron chi connectivity index (χ4n) is 8.21. The molecule has 18 atom stereocenters. The predicted octanol–water partition coefficient (Wildman–Crippen LogP) is 1.44. The lowest BCUT2D eigenvalue weighted by Gasteiger charge is -2.48. The van der Waals surface area contributed by atoms with Crippen LogP contribution in [0.15, 0.2) is 0 Å². The second kappa shape index (κ2) is 16.8. The van der Waals surface area contributed by atoms with E-state index in [0.29, 0.717) is 6.42 Å². The van der Waals surface area contributed by atoms with Crippen molar-refractivity contribution in [3.05, 3.63) is 0 Å². The van der Waals surface area contributed by atoms with Crippen LogP contribution < -0.4 is 5.32 Å². The van der Waals surface area contributed by atoms with E-state index in [4.69, 9.17) is 28.4 Å². The van der Waals surface area contributed by atoms with Crippen LogP contribution in [0.4, 0.5) is 0 Å². The van der Waals surface area contributed by atoms with E-state index in [1.807, 2.05) is 6.92 Å². The van der Waals surface area contributed by atoms with Gasteiger partial charge in [0.15, 0.2) is 12.6 Å². The van der Waals surface area contributed by atoms with Gasteiger partial charge in [0.2, 0.25) is 0 Å². The smallest absolute Gasteiger partial charge is 0.311 e. The summed E-state index contributed by atoms with van der Waals surface area (Å²) in [6.07, 6.45) is -9.76. The van der Waals surface area contributed by atoms with Crippen LogP contribution in [0.25, 0.3) is 0 Å². The highest BCUT2D eigenvalue weighted by Crippen LogP contribution is 2.40. The molecule has 0 aromatic heterocycles. The number of carbonyl (C=O) groups excluding carboxylic acids is 2. The topological polar surface area (TPSA) is 203 Å². The third-order valence-corrected chi connectivity index (χ3v) is 11.6. The summed E-state index contributed by atoms with van der Waals surface area (Å²) in [7, 11) is 3.20. The number of aliphatic hydroxyl groups excluding tert-OH is 3. The average molecular weight is 720 g/mol. The standard InChI is InChI=1S/C36H65NO13/c1-13-24-36(10,44)29(40)19(4)26(38)17(2)15-34(8,43)31(50-33-27(39)23(37-11)14-18(3)46-33)20(5)28(21(6)32(42)48-24)49-25-16-35(9,45-12)30(41)22(7)47-25/h17-25,27-31,33,37,39-41,43-44H,13-16H2,1-12H3/t17-,18-,19+,20+,21-,22+,23+,24+,25+,27-,28-,29-,30+,31-,33+,34+,35-,36-/m1/s1. The second-order valence-electron chi connectivity index (χ2n) is 15.8. The number of aliphatic hydroxyl groups is 5. The molecular formula is C36H65NO13. The lowest BCUT2D eigenvalue weighted by molar-refractivity contribution is -0.316. The van der Waals surface area contributed by atoms with E-state index in [-0.39, 0.29) is 31.4 Å². The molecule has 0 aromatic rings. The number of carbonyl (C=O) groups is 2. The molecule has 14 nitrogen and oxygen atoms in total. The van der Waals surface area contributed by atoms with Crippen molar-refractivity contribution in [2.75, 3.05) is 14.2 Å². The van der Waals surface area contributed by atoms with Gasteiger partial charge in [0.1, 0.15) is 29.7 Å². The van der Waals surface area contributed by atoms with Crippen molar-refractivity contribution in [2.45, 2.75) is 179 Å². The van der Waals surface area contributed by atoms with Crippen LogP contribution in [0.1, 0.15) is 94.9 Å². The number of nitrogens with one attached hydrogen (secondary N) is 1. The van der Waals surface area contributed by atoms with E-state index in [9.17, 15) is 35.1 Å². The Bertz CT molecular complexity index is 1140. The van der Waals surface area contributed by atoms with Crippen LogP contribution >= 0.6 is 0 Å². The summed E-state index contributed by atoms with van der Waals surface area (Å²) in [6.45, 7) is 16.3. The van der Waals surface area contributed by atoms with Crippen LogP contribution in [0.5, 0.6) is 0 Å². The quantitative estimate of drug-likeness (QED) is 0.206. The molecule has 292 valence electrons. The molecule has 3 saturated heterocycles. The maximum absolute atomic E-state index is 14.0. The number of Topliss-reactive ketones (excluding diaryl/α,β-unsaturated/α-hetero) is 1. The largest absolute Gasteiger partial charge is 0.459 e. The van der Waals surface area contributed by atoms with Gasteiger partial charge in [-0.2, -0.15) is 0 Å². The number of ether oxygens (including phenoxy) is 6. The molecule has 3 heterocycles. The number of likely N-dealkylation sites (N-methyl/N-ethyl adjacent to an activating group) is 1. The highest BCUT2D eigenvalue weighted by Gasteiger charge is 2.53. The molecule has 0 saturated carbocycles. The molecule has 0 aromatic carbocycles. The summed E-state index contributed by atoms with van der Waals surface area (Å²) in [6, 6.07) is -0.375. The fourth-order valence-corrected chi connectivity index (χ4v) is 8.21. The summed E-state index contributed by atoms with van der Waals surface area (Å²) in [5.74, 6) is -4.98. The Hall–Kier alpha value is -1.30. The van der Waals surface area contributed by atoms with Gasteiger partial charge in [-0.3, -0.25) is 9.59 Å². The number of esters is 1. The Kier molecular flexibility index (Phi) is 14.5. The zero-order chi connectivity index (χ0) is 38.1. The first-order chi connectivity index (χ1) is 23.1. The van der Waals surface area contributed by atoms with E-state index in [1.54, 1.807) is 48.6 Å². The molecule has 3 fully saturated rings. The van der Waals surface area contributed by atoms with Gasteiger partial charge in [0, 0.05) is 37.3 Å². The van der Waals surface area contributed by atoms with Crippen LogP contribution in [0.3, 0.4) is 0 Å². The van der Waals surface area contributed by atoms with Gasteiger partial charge >= 0.3 is 5.97 Å². The van der Waals surface area contributed by atoms with E-state index in [1.165, 1.54) is 27.9 Å². The molecule has 0 spiro atoms. The van der Waals surface area contributed by atoms with E-state index < -0.39 is 108 Å². The fraction of sp³-hybridized carbons (Fsp3) is 0.944. The normalized spacial score (nSPS) is 50.4. The molecule has 6 N–H and O–H groups in total. The Morgan fingerprint density at radius 2 is 1.52 bits per heavy atom. The average Bonchev–Trinajstić information content (AvgIpc) is 3.05. The number of cyclic esters (lactones) is 1. The Balaban J connectivity index is 2.17. The molecule has 50 heavy (non-hydrogen) atoms. The number of rotatable bonds is 7. The van der Waals surface area contributed by atoms with E-state index in [2.05, 4.69) is 5.32 Å². The molecule has 14 heteroatoms. The third-order valence-electron chi connectivity index (χ3n) is 11.6. The van der Waals surface area contributed by atoms with Crippen LogP contribution in [-0.2, 0) is 38.0 Å². The van der Waals surface area contributed by atoms with Gasteiger partial charge in [-0.15, -0.1) is 0 Å². The second-order valence-corrected chi connectivity index (χ2v) is 15.8. The number of hydrogen-bond donors (Lipinski definition) is 6. The van der Waals surface area contributed by atoms with E-state index in [0.717, 1.165) is 0 Å². The zero-order valence-corrected chi connectivity index (χ0v) is 32.0. The molecule has 0 unspecified atom stereocenters. The predicted molar refractivity (Wildman–Crippen MR) is 182 cm³/mol. The van der Waals surface area contributed by atoms with Crippen molar-refractivity contribution in [3.8, 4) is 0 Å². The summed E-state index contributed by atoms with van der Waals surface area (Å²) >= 11 is 0. The first-order valence-corrected chi connectivity index (χ1v) is 18.1. The minimum atomic E-state index is -1.99. The molecule has 3 aliphatic heterocycles. The Morgan fingerprint density at radius 1 is 0.900 bits per heavy atom. The lowest BCUT2D eigenvalue weighted by Crippen LogP contribution is -2.61. The van der Waals surface area contributed by atoms with Crippen molar-refractivity contribution < 1.29 is 63.5 Å². The molecule has 3 aliphatic rings. The van der Waals surface area contributed by atoms with Crippen molar-refractivity contribution in [1.29, 1.82) is 0 Å². The number of methoxy groups -OCH3 is 1. The highest BCUT2D eigenvalue weighted by atomic mass is 16.7. The van der Waals surface area contributed by atoms with Crippen molar-refractivity contribution >= 4 is 11.8 Å². The van der Waals surface area contributed by atoms with Crippen LogP contribution in [0, 0.1) is 23.7 Å². The van der Waals surface area contributed by atoms with Gasteiger partial charge in [0.25, 0.3) is 0 Å². The minimum Gasteiger partial charge on any atom is -0.459 e. The lowest BCUT2D eigenvalue weighted by atomic mass is 9.74. The van der Waals surface area contributed by atoms with Gasteiger partial charge < -0.3 is 59.3 Å². The monoisotopic (exact) mass is 719 g/mol. The maximum atomic E-state index is 14.0. The van der Waals surface area contributed by atoms with Crippen molar-refractivity contribution in [2.24, 2.45) is 23.7 Å². The molecule has 3 rings (SSSR count). The van der Waals surface area contributed by atoms with Gasteiger partial charge in [-0.05, 0) is 67.9 Å². The molecule has 0 radical (unpaired) electrons. The van der Waals surface area contributed by atoms with Gasteiger partial charge in [0.05, 0.1) is 47.6 Å². The van der Waals surface area contributed by atoms with E-state index >= 15 is 0 Å². The molecular weight excluding hydrogens is 654 g/mol. The summed E-state index contributed by atoms with van der Waals surface area (Å²) in [5.41, 5.74) is -4.84. The SMILES string of the molecule is CC[C@@H]1OC(=O)[C@H](C)[C@H](O[C@H]2C[C@@](C)(OC)[C@@H](O)[C@H](C)O2)[C@H](C)[C@@H](O[C@@H]2O[C@H](C)C[C@H](NC)[C@H]2O)[C@@](C)(O)C[C@@H](C)C(=O)[C@H](C)[C@@H](O)[C@]1(C)O. The number of ketones is 1. The number of hydrogen-bond acceptors (Lipinski definition) is 14. The molecule has 0 bridgehead atoms. The molecule has 0 amide bonds. The van der Waals surface area contributed by atoms with Crippen LogP contribution in [-0.4, -0.2) is 136 Å². The van der Waals surface area contributed by atoms with Crippen molar-refractivity contribution in [3.63, 3.8) is 0 Å². The Morgan fingerprint density at radius 3 is 2.08 bits per heavy atom. The van der Waals surface area contributed by atoms with Gasteiger partial charge in [-0.25, -0.2) is 0 Å². The maximum Gasteiger partial charge on any atom is 0.311 e. The summed E-state index contributed by atoms with van der Waals surface area (Å²) in [5, 5.41) is 60.4. The first kappa shape index (κ1) is 43.1. The summed E-state index contributed by atoms with van der Waals surface area (Å²) in [4.78, 5) is 27.8. The first-order valence-electron chi connectivity index (χ1n) is 18.1. The Labute approximate surface area is 297 Å². The summed E-state index contributed by atoms with van der Waals surface area (Å²) < 4.78 is 36.9.